The van der Waals surface area contributed by atoms with E-state index in [1.807, 2.05) is 27.7 Å². The van der Waals surface area contributed by atoms with Crippen molar-refractivity contribution >= 4 is 17.9 Å². The maximum atomic E-state index is 12.5. The van der Waals surface area contributed by atoms with E-state index in [-0.39, 0.29) is 36.4 Å². The molecular weight excluding hydrogens is 521 g/mol. The van der Waals surface area contributed by atoms with Crippen LogP contribution in [0.2, 0.25) is 0 Å². The molecule has 14 heteroatoms. The van der Waals surface area contributed by atoms with Crippen LogP contribution < -0.4 is 10.2 Å². The average Bonchev–Trinajstić information content (AvgIpc) is 3.49. The summed E-state index contributed by atoms with van der Waals surface area (Å²) in [6.45, 7) is 8.94. The number of hydrogen-bond donors (Lipinski definition) is 1. The Balaban J connectivity index is 1.46. The van der Waals surface area contributed by atoms with Crippen molar-refractivity contribution in [3.8, 4) is 11.4 Å². The van der Waals surface area contributed by atoms with Crippen molar-refractivity contribution in [3.05, 3.63) is 48.0 Å². The minimum Gasteiger partial charge on any atom is -0.447 e. The van der Waals surface area contributed by atoms with E-state index in [1.165, 1.54) is 23.2 Å². The molecule has 1 aliphatic rings. The van der Waals surface area contributed by atoms with Crippen LogP contribution in [0.5, 0.6) is 0 Å². The zero-order chi connectivity index (χ0) is 28.4. The van der Waals surface area contributed by atoms with Gasteiger partial charge in [0, 0.05) is 11.8 Å². The number of ether oxygens (including phenoxy) is 3. The molecule has 1 aromatic carbocycles. The van der Waals surface area contributed by atoms with Crippen molar-refractivity contribution in [2.45, 2.75) is 71.4 Å². The minimum absolute atomic E-state index is 0.160. The zero-order valence-corrected chi connectivity index (χ0v) is 22.0. The van der Waals surface area contributed by atoms with Crippen molar-refractivity contribution < 1.29 is 36.7 Å². The lowest BCUT2D eigenvalue weighted by Crippen LogP contribution is -2.45. The molecule has 1 fully saturated rings. The van der Waals surface area contributed by atoms with Gasteiger partial charge in [-0.15, -0.1) is 13.2 Å². The molecule has 11 nitrogen and oxygen atoms in total. The number of hydrogen-bond acceptors (Lipinski definition) is 10. The molecule has 3 aromatic rings. The number of benzene rings is 1. The Labute approximate surface area is 222 Å². The van der Waals surface area contributed by atoms with Crippen LogP contribution in [0, 0.1) is 0 Å². The van der Waals surface area contributed by atoms with Gasteiger partial charge in [0.2, 0.25) is 17.7 Å². The standard InChI is InChI=1S/C25H29F3N6O5/c1-14(21-32-20(33-39-21)17-8-6-7-16(11-17)12-37-25(26,27)28)30-22-29-10-9-19(31-22)34-18(13-36-23(34)35)15(2)38-24(3,4)5/h6-11,14-15,18H,12-13H2,1-5H3,(H,29,30,31)/t14?,15-,18-/m1/s1. The molecule has 2 aromatic heterocycles. The first-order chi connectivity index (χ1) is 18.3. The van der Waals surface area contributed by atoms with Crippen LogP contribution >= 0.6 is 0 Å². The zero-order valence-electron chi connectivity index (χ0n) is 22.0. The Kier molecular flexibility index (Phi) is 8.07. The highest BCUT2D eigenvalue weighted by Crippen LogP contribution is 2.28. The molecule has 1 amide bonds. The molecule has 0 saturated carbocycles. The Morgan fingerprint density at radius 3 is 2.67 bits per heavy atom. The van der Waals surface area contributed by atoms with Gasteiger partial charge in [-0.2, -0.15) is 9.97 Å². The van der Waals surface area contributed by atoms with E-state index in [0.29, 0.717) is 16.9 Å². The van der Waals surface area contributed by atoms with E-state index in [9.17, 15) is 18.0 Å². The van der Waals surface area contributed by atoms with E-state index in [2.05, 4.69) is 30.2 Å². The highest BCUT2D eigenvalue weighted by Gasteiger charge is 2.40. The highest BCUT2D eigenvalue weighted by atomic mass is 19.4. The lowest BCUT2D eigenvalue weighted by Gasteiger charge is -2.31. The molecular formula is C25H29F3N6O5. The second kappa shape index (κ2) is 11.1. The van der Waals surface area contributed by atoms with Gasteiger partial charge in [0.15, 0.2) is 0 Å². The fourth-order valence-corrected chi connectivity index (χ4v) is 3.98. The van der Waals surface area contributed by atoms with Gasteiger partial charge < -0.3 is 19.3 Å². The molecule has 0 bridgehead atoms. The number of nitrogens with zero attached hydrogens (tertiary/aromatic N) is 5. The third-order valence-corrected chi connectivity index (χ3v) is 5.62. The van der Waals surface area contributed by atoms with E-state index in [0.717, 1.165) is 0 Å². The summed E-state index contributed by atoms with van der Waals surface area (Å²) in [6, 6.07) is 6.88. The van der Waals surface area contributed by atoms with E-state index >= 15 is 0 Å². The monoisotopic (exact) mass is 550 g/mol. The molecule has 39 heavy (non-hydrogen) atoms. The summed E-state index contributed by atoms with van der Waals surface area (Å²) >= 11 is 0. The molecule has 1 aliphatic heterocycles. The predicted molar refractivity (Wildman–Crippen MR) is 133 cm³/mol. The highest BCUT2D eigenvalue weighted by molar-refractivity contribution is 5.89. The average molecular weight is 551 g/mol. The van der Waals surface area contributed by atoms with Gasteiger partial charge in [-0.05, 0) is 52.3 Å². The Morgan fingerprint density at radius 2 is 1.95 bits per heavy atom. The summed E-state index contributed by atoms with van der Waals surface area (Å²) in [7, 11) is 0. The van der Waals surface area contributed by atoms with Crippen LogP contribution in [0.4, 0.5) is 29.7 Å². The van der Waals surface area contributed by atoms with Crippen LogP contribution in [0.3, 0.4) is 0 Å². The summed E-state index contributed by atoms with van der Waals surface area (Å²) in [5, 5.41) is 6.99. The maximum Gasteiger partial charge on any atom is 0.522 e. The molecule has 1 saturated heterocycles. The molecule has 0 aliphatic carbocycles. The SMILES string of the molecule is CC(Nc1nccc(N2C(=O)OC[C@@H]2[C@@H](C)OC(C)(C)C)n1)c1nc(-c2cccc(COC(F)(F)F)c2)no1. The Hall–Kier alpha value is -3.78. The summed E-state index contributed by atoms with van der Waals surface area (Å²) in [5.74, 6) is 0.925. The first-order valence-corrected chi connectivity index (χ1v) is 12.2. The van der Waals surface area contributed by atoms with Crippen LogP contribution in [0.1, 0.15) is 52.1 Å². The van der Waals surface area contributed by atoms with Crippen molar-refractivity contribution in [2.24, 2.45) is 0 Å². The number of anilines is 2. The van der Waals surface area contributed by atoms with E-state index in [4.69, 9.17) is 14.0 Å². The molecule has 1 unspecified atom stereocenters. The molecule has 3 heterocycles. The van der Waals surface area contributed by atoms with Crippen molar-refractivity contribution in [3.63, 3.8) is 0 Å². The second-order valence-corrected chi connectivity index (χ2v) is 9.95. The van der Waals surface area contributed by atoms with Crippen molar-refractivity contribution in [1.82, 2.24) is 20.1 Å². The van der Waals surface area contributed by atoms with Gasteiger partial charge in [-0.3, -0.25) is 9.64 Å². The van der Waals surface area contributed by atoms with Crippen molar-refractivity contribution in [2.75, 3.05) is 16.8 Å². The van der Waals surface area contributed by atoms with Crippen LogP contribution in [-0.4, -0.2) is 56.9 Å². The lowest BCUT2D eigenvalue weighted by atomic mass is 10.1. The van der Waals surface area contributed by atoms with E-state index < -0.39 is 30.7 Å². The van der Waals surface area contributed by atoms with Gasteiger partial charge in [0.25, 0.3) is 0 Å². The molecule has 210 valence electrons. The molecule has 0 spiro atoms. The summed E-state index contributed by atoms with van der Waals surface area (Å²) in [4.78, 5) is 27.0. The summed E-state index contributed by atoms with van der Waals surface area (Å²) in [5.41, 5.74) is 0.350. The number of carbonyl (C=O) groups is 1. The number of amides is 1. The maximum absolute atomic E-state index is 12.5. The number of nitrogens with one attached hydrogen (secondary N) is 1. The molecule has 3 atom stereocenters. The fourth-order valence-electron chi connectivity index (χ4n) is 3.98. The third-order valence-electron chi connectivity index (χ3n) is 5.62. The first-order valence-electron chi connectivity index (χ1n) is 12.2. The molecule has 1 N–H and O–H groups in total. The predicted octanol–water partition coefficient (Wildman–Crippen LogP) is 5.26. The molecule has 4 rings (SSSR count). The Bertz CT molecular complexity index is 1300. The lowest BCUT2D eigenvalue weighted by molar-refractivity contribution is -0.330. The molecule has 0 radical (unpaired) electrons. The number of alkyl halides is 3. The number of rotatable bonds is 9. The van der Waals surface area contributed by atoms with Gasteiger partial charge in [0.05, 0.1) is 18.3 Å². The number of halogens is 3. The largest absolute Gasteiger partial charge is 0.522 e. The number of aromatic nitrogens is 4. The summed E-state index contributed by atoms with van der Waals surface area (Å²) < 4.78 is 57.7. The van der Waals surface area contributed by atoms with Crippen LogP contribution in [0.15, 0.2) is 41.1 Å². The minimum atomic E-state index is -4.73. The second-order valence-electron chi connectivity index (χ2n) is 9.95. The van der Waals surface area contributed by atoms with Gasteiger partial charge in [0.1, 0.15) is 24.5 Å². The van der Waals surface area contributed by atoms with Gasteiger partial charge in [-0.1, -0.05) is 23.4 Å². The van der Waals surface area contributed by atoms with Gasteiger partial charge >= 0.3 is 12.5 Å². The first kappa shape index (κ1) is 28.2. The topological polar surface area (TPSA) is 125 Å². The number of cyclic esters (lactones) is 1. The Morgan fingerprint density at radius 1 is 1.18 bits per heavy atom. The normalized spacial score (nSPS) is 17.7. The fraction of sp³-hybridized carbons (Fsp3) is 0.480. The summed E-state index contributed by atoms with van der Waals surface area (Å²) in [6.07, 6.45) is -4.09. The van der Waals surface area contributed by atoms with E-state index in [1.54, 1.807) is 25.1 Å². The number of carbonyl (C=O) groups excluding carboxylic acids is 1. The third kappa shape index (κ3) is 7.41. The quantitative estimate of drug-likeness (QED) is 0.377. The van der Waals surface area contributed by atoms with Crippen molar-refractivity contribution in [1.29, 1.82) is 0 Å². The van der Waals surface area contributed by atoms with Crippen LogP contribution in [0.25, 0.3) is 11.4 Å². The smallest absolute Gasteiger partial charge is 0.447 e. The van der Waals surface area contributed by atoms with Crippen LogP contribution in [-0.2, 0) is 20.8 Å². The van der Waals surface area contributed by atoms with Gasteiger partial charge in [-0.25, -0.2) is 9.78 Å².